The highest BCUT2D eigenvalue weighted by Gasteiger charge is 2.04. The molecule has 0 aromatic heterocycles. The van der Waals surface area contributed by atoms with Gasteiger partial charge in [-0.3, -0.25) is 10.1 Å². The van der Waals surface area contributed by atoms with Crippen molar-refractivity contribution in [3.63, 3.8) is 0 Å². The van der Waals surface area contributed by atoms with Crippen molar-refractivity contribution in [2.75, 3.05) is 0 Å². The van der Waals surface area contributed by atoms with Crippen molar-refractivity contribution in [3.8, 4) is 0 Å². The lowest BCUT2D eigenvalue weighted by Crippen LogP contribution is -1.86. The highest BCUT2D eigenvalue weighted by Crippen LogP contribution is 2.37. The molecule has 2 rings (SSSR count). The van der Waals surface area contributed by atoms with Gasteiger partial charge in [-0.15, -0.1) is 0 Å². The van der Waals surface area contributed by atoms with Crippen LogP contribution in [0.2, 0.25) is 5.02 Å². The normalized spacial score (nSPS) is 10.3. The lowest BCUT2D eigenvalue weighted by atomic mass is 10.3. The van der Waals surface area contributed by atoms with Crippen LogP contribution in [0.5, 0.6) is 0 Å². The van der Waals surface area contributed by atoms with E-state index >= 15 is 0 Å². The molecule has 0 N–H and O–H groups in total. The molecule has 0 bridgehead atoms. The predicted octanol–water partition coefficient (Wildman–Crippen LogP) is 5.05. The van der Waals surface area contributed by atoms with E-state index in [1.807, 2.05) is 24.3 Å². The summed E-state index contributed by atoms with van der Waals surface area (Å²) in [5.74, 6) is 0. The van der Waals surface area contributed by atoms with Gasteiger partial charge in [0.15, 0.2) is 0 Å². The highest BCUT2D eigenvalue weighted by molar-refractivity contribution is 8.76. The van der Waals surface area contributed by atoms with Gasteiger partial charge in [0.2, 0.25) is 0 Å². The van der Waals surface area contributed by atoms with Crippen LogP contribution in [0.25, 0.3) is 0 Å². The third-order valence-electron chi connectivity index (χ3n) is 2.10. The van der Waals surface area contributed by atoms with Crippen molar-refractivity contribution in [3.05, 3.63) is 63.7 Å². The second-order valence-electron chi connectivity index (χ2n) is 3.37. The molecule has 6 heteroatoms. The summed E-state index contributed by atoms with van der Waals surface area (Å²) in [5, 5.41) is 11.2. The lowest BCUT2D eigenvalue weighted by Gasteiger charge is -2.01. The number of rotatable bonds is 4. The highest BCUT2D eigenvalue weighted by atomic mass is 35.5. The second kappa shape index (κ2) is 6.13. The van der Waals surface area contributed by atoms with Gasteiger partial charge in [0, 0.05) is 26.9 Å². The number of benzene rings is 2. The van der Waals surface area contributed by atoms with Crippen molar-refractivity contribution < 1.29 is 4.92 Å². The first-order chi connectivity index (χ1) is 8.65. The molecule has 0 unspecified atom stereocenters. The zero-order valence-electron chi connectivity index (χ0n) is 9.08. The first-order valence-electron chi connectivity index (χ1n) is 5.00. The fourth-order valence-corrected chi connectivity index (χ4v) is 3.27. The zero-order valence-corrected chi connectivity index (χ0v) is 11.5. The number of halogens is 1. The van der Waals surface area contributed by atoms with Crippen molar-refractivity contribution in [1.29, 1.82) is 0 Å². The summed E-state index contributed by atoms with van der Waals surface area (Å²) in [6, 6.07) is 14.0. The molecular formula is C12H8ClNO2S2. The van der Waals surface area contributed by atoms with Gasteiger partial charge in [0.05, 0.1) is 4.92 Å². The lowest BCUT2D eigenvalue weighted by molar-refractivity contribution is -0.384. The van der Waals surface area contributed by atoms with E-state index in [4.69, 9.17) is 11.6 Å². The Bertz CT molecular complexity index is 543. The molecule has 2 aromatic carbocycles. The van der Waals surface area contributed by atoms with Crippen molar-refractivity contribution in [2.24, 2.45) is 0 Å². The van der Waals surface area contributed by atoms with Gasteiger partial charge in [-0.2, -0.15) is 0 Å². The van der Waals surface area contributed by atoms with E-state index in [1.54, 1.807) is 33.7 Å². The van der Waals surface area contributed by atoms with E-state index < -0.39 is 4.92 Å². The van der Waals surface area contributed by atoms with Gasteiger partial charge in [0.1, 0.15) is 0 Å². The molecule has 0 saturated carbocycles. The van der Waals surface area contributed by atoms with Crippen LogP contribution < -0.4 is 0 Å². The smallest absolute Gasteiger partial charge is 0.258 e. The molecule has 0 amide bonds. The fraction of sp³-hybridized carbons (Fsp3) is 0. The Morgan fingerprint density at radius 2 is 1.33 bits per heavy atom. The van der Waals surface area contributed by atoms with Crippen LogP contribution in [0.1, 0.15) is 0 Å². The quantitative estimate of drug-likeness (QED) is 0.450. The Labute approximate surface area is 117 Å². The number of nitro benzene ring substituents is 1. The monoisotopic (exact) mass is 297 g/mol. The van der Waals surface area contributed by atoms with E-state index in [9.17, 15) is 10.1 Å². The average Bonchev–Trinajstić information content (AvgIpc) is 2.38. The van der Waals surface area contributed by atoms with Gasteiger partial charge >= 0.3 is 0 Å². The molecule has 18 heavy (non-hydrogen) atoms. The molecule has 0 aliphatic rings. The summed E-state index contributed by atoms with van der Waals surface area (Å²) in [6.45, 7) is 0. The SMILES string of the molecule is O=[N+]([O-])c1ccc(SSc2ccc(Cl)cc2)cc1. The van der Waals surface area contributed by atoms with E-state index in [1.165, 1.54) is 12.1 Å². The van der Waals surface area contributed by atoms with Gasteiger partial charge in [-0.05, 0) is 36.4 Å². The molecule has 0 saturated heterocycles. The topological polar surface area (TPSA) is 43.1 Å². The van der Waals surface area contributed by atoms with E-state index in [-0.39, 0.29) is 5.69 Å². The molecule has 2 aromatic rings. The summed E-state index contributed by atoms with van der Waals surface area (Å²) >= 11 is 5.80. The minimum absolute atomic E-state index is 0.107. The molecule has 0 fully saturated rings. The standard InChI is InChI=1S/C12H8ClNO2S2/c13-9-1-5-11(6-2-9)17-18-12-7-3-10(4-8-12)14(15)16/h1-8H. The average molecular weight is 298 g/mol. The maximum Gasteiger partial charge on any atom is 0.269 e. The van der Waals surface area contributed by atoms with Crippen LogP contribution in [0, 0.1) is 10.1 Å². The Balaban J connectivity index is 1.97. The number of hydrogen-bond donors (Lipinski definition) is 0. The molecule has 0 spiro atoms. The van der Waals surface area contributed by atoms with E-state index in [0.717, 1.165) is 9.79 Å². The Morgan fingerprint density at radius 1 is 0.889 bits per heavy atom. The first-order valence-corrected chi connectivity index (χ1v) is 7.52. The van der Waals surface area contributed by atoms with E-state index in [0.29, 0.717) is 5.02 Å². The van der Waals surface area contributed by atoms with Gasteiger partial charge < -0.3 is 0 Å². The van der Waals surface area contributed by atoms with Crippen LogP contribution >= 0.6 is 33.2 Å². The van der Waals surface area contributed by atoms with Crippen LogP contribution in [-0.2, 0) is 0 Å². The first kappa shape index (κ1) is 13.3. The molecule has 0 aliphatic carbocycles. The third-order valence-corrected chi connectivity index (χ3v) is 4.76. The molecule has 92 valence electrons. The number of nitro groups is 1. The number of hydrogen-bond acceptors (Lipinski definition) is 4. The molecule has 0 radical (unpaired) electrons. The summed E-state index contributed by atoms with van der Waals surface area (Å²) in [7, 11) is 3.14. The maximum absolute atomic E-state index is 10.5. The largest absolute Gasteiger partial charge is 0.269 e. The number of non-ortho nitro benzene ring substituents is 1. The summed E-state index contributed by atoms with van der Waals surface area (Å²) in [6.07, 6.45) is 0. The van der Waals surface area contributed by atoms with Gasteiger partial charge in [-0.25, -0.2) is 0 Å². The van der Waals surface area contributed by atoms with Crippen molar-refractivity contribution in [2.45, 2.75) is 9.79 Å². The van der Waals surface area contributed by atoms with Gasteiger partial charge in [0.25, 0.3) is 5.69 Å². The fourth-order valence-electron chi connectivity index (χ4n) is 1.21. The molecule has 0 heterocycles. The van der Waals surface area contributed by atoms with E-state index in [2.05, 4.69) is 0 Å². The zero-order chi connectivity index (χ0) is 13.0. The summed E-state index contributed by atoms with van der Waals surface area (Å²) < 4.78 is 0. The van der Waals surface area contributed by atoms with Crippen molar-refractivity contribution in [1.82, 2.24) is 0 Å². The van der Waals surface area contributed by atoms with Crippen LogP contribution in [0.15, 0.2) is 58.3 Å². The molecule has 3 nitrogen and oxygen atoms in total. The van der Waals surface area contributed by atoms with Crippen molar-refractivity contribution >= 4 is 38.9 Å². The third kappa shape index (κ3) is 3.66. The van der Waals surface area contributed by atoms with Gasteiger partial charge in [-0.1, -0.05) is 33.2 Å². The minimum atomic E-state index is -0.402. The number of nitrogens with zero attached hydrogens (tertiary/aromatic N) is 1. The molecular weight excluding hydrogens is 290 g/mol. The van der Waals surface area contributed by atoms with Crippen LogP contribution in [0.4, 0.5) is 5.69 Å². The van der Waals surface area contributed by atoms with Crippen LogP contribution in [-0.4, -0.2) is 4.92 Å². The minimum Gasteiger partial charge on any atom is -0.258 e. The molecule has 0 atom stereocenters. The Hall–Kier alpha value is -1.17. The molecule has 0 aliphatic heterocycles. The second-order valence-corrected chi connectivity index (χ2v) is 6.08. The summed E-state index contributed by atoms with van der Waals surface area (Å²) in [4.78, 5) is 12.2. The predicted molar refractivity (Wildman–Crippen MR) is 76.3 cm³/mol. The Morgan fingerprint density at radius 3 is 1.78 bits per heavy atom. The summed E-state index contributed by atoms with van der Waals surface area (Å²) in [5.41, 5.74) is 0.107. The van der Waals surface area contributed by atoms with Crippen LogP contribution in [0.3, 0.4) is 0 Å². The maximum atomic E-state index is 10.5. The Kier molecular flexibility index (Phi) is 4.52.